The molecule has 0 aromatic heterocycles. The first-order valence-electron chi connectivity index (χ1n) is 4.60. The van der Waals surface area contributed by atoms with E-state index in [1.165, 1.54) is 19.1 Å². The van der Waals surface area contributed by atoms with E-state index in [2.05, 4.69) is 17.2 Å². The van der Waals surface area contributed by atoms with E-state index in [4.69, 9.17) is 5.26 Å². The lowest BCUT2D eigenvalue weighted by Crippen LogP contribution is -2.19. The number of carbonyl (C=O) groups excluding carboxylic acids is 1. The summed E-state index contributed by atoms with van der Waals surface area (Å²) in [6.45, 7) is 1.67. The molecule has 2 N–H and O–H groups in total. The quantitative estimate of drug-likeness (QED) is 0.677. The Morgan fingerprint density at radius 3 is 2.94 bits per heavy atom. The second kappa shape index (κ2) is 5.43. The molecule has 1 rings (SSSR count). The normalized spacial score (nSPS) is 8.50. The summed E-state index contributed by atoms with van der Waals surface area (Å²) in [5, 5.41) is 20.5. The molecule has 1 aromatic rings. The van der Waals surface area contributed by atoms with E-state index in [0.29, 0.717) is 5.56 Å². The van der Waals surface area contributed by atoms with E-state index in [-0.39, 0.29) is 23.8 Å². The molecule has 16 heavy (non-hydrogen) atoms. The van der Waals surface area contributed by atoms with E-state index >= 15 is 0 Å². The Kier molecular flexibility index (Phi) is 3.94. The third-order valence-corrected chi connectivity index (χ3v) is 1.78. The molecule has 0 heterocycles. The number of nitriles is 1. The molecule has 80 valence electrons. The lowest BCUT2D eigenvalue weighted by atomic mass is 10.1. The van der Waals surface area contributed by atoms with Crippen LogP contribution in [0.3, 0.4) is 0 Å². The van der Waals surface area contributed by atoms with Gasteiger partial charge in [0.05, 0.1) is 12.1 Å². The maximum atomic E-state index is 10.5. The van der Waals surface area contributed by atoms with Crippen LogP contribution in [0.15, 0.2) is 18.2 Å². The average Bonchev–Trinajstić information content (AvgIpc) is 2.26. The van der Waals surface area contributed by atoms with Gasteiger partial charge in [0.1, 0.15) is 11.8 Å². The summed E-state index contributed by atoms with van der Waals surface area (Å²) in [6.07, 6.45) is 0. The Bertz CT molecular complexity index is 504. The van der Waals surface area contributed by atoms with Crippen molar-refractivity contribution in [2.24, 2.45) is 0 Å². The fourth-order valence-electron chi connectivity index (χ4n) is 1.02. The molecular formula is C12H10N2O2. The summed E-state index contributed by atoms with van der Waals surface area (Å²) in [4.78, 5) is 10.5. The summed E-state index contributed by atoms with van der Waals surface area (Å²) >= 11 is 0. The minimum atomic E-state index is -0.141. The summed E-state index contributed by atoms with van der Waals surface area (Å²) in [5.41, 5.74) is 0.811. The highest BCUT2D eigenvalue weighted by molar-refractivity contribution is 5.73. The van der Waals surface area contributed by atoms with Gasteiger partial charge in [0.2, 0.25) is 5.91 Å². The first kappa shape index (κ1) is 11.6. The molecule has 1 amide bonds. The number of carbonyl (C=O) groups is 1. The number of aromatic hydroxyl groups is 1. The molecule has 0 spiro atoms. The van der Waals surface area contributed by atoms with Crippen LogP contribution >= 0.6 is 0 Å². The number of nitrogens with zero attached hydrogens (tertiary/aromatic N) is 1. The predicted molar refractivity (Wildman–Crippen MR) is 58.4 cm³/mol. The van der Waals surface area contributed by atoms with Crippen molar-refractivity contribution < 1.29 is 9.90 Å². The van der Waals surface area contributed by atoms with E-state index in [0.717, 1.165) is 0 Å². The maximum absolute atomic E-state index is 10.5. The van der Waals surface area contributed by atoms with Crippen molar-refractivity contribution in [2.45, 2.75) is 6.92 Å². The number of rotatable bonds is 1. The van der Waals surface area contributed by atoms with Gasteiger partial charge in [-0.25, -0.2) is 0 Å². The molecule has 4 nitrogen and oxygen atoms in total. The molecule has 0 saturated carbocycles. The highest BCUT2D eigenvalue weighted by Gasteiger charge is 1.99. The molecule has 0 atom stereocenters. The lowest BCUT2D eigenvalue weighted by Gasteiger charge is -1.96. The molecule has 0 fully saturated rings. The third-order valence-electron chi connectivity index (χ3n) is 1.78. The van der Waals surface area contributed by atoms with Crippen molar-refractivity contribution in [3.05, 3.63) is 29.3 Å². The molecule has 0 aliphatic rings. The second-order valence-corrected chi connectivity index (χ2v) is 3.06. The molecular weight excluding hydrogens is 204 g/mol. The van der Waals surface area contributed by atoms with Gasteiger partial charge in [0.15, 0.2) is 0 Å². The monoisotopic (exact) mass is 214 g/mol. The van der Waals surface area contributed by atoms with Crippen LogP contribution in [0.5, 0.6) is 5.75 Å². The minimum absolute atomic E-state index is 0.0603. The molecule has 0 unspecified atom stereocenters. The van der Waals surface area contributed by atoms with Gasteiger partial charge in [-0.2, -0.15) is 5.26 Å². The zero-order valence-corrected chi connectivity index (χ0v) is 8.74. The van der Waals surface area contributed by atoms with Crippen molar-refractivity contribution in [3.63, 3.8) is 0 Å². The number of hydrogen-bond donors (Lipinski definition) is 2. The molecule has 0 aliphatic carbocycles. The second-order valence-electron chi connectivity index (χ2n) is 3.06. The smallest absolute Gasteiger partial charge is 0.217 e. The standard InChI is InChI=1S/C12H10N2O2/c1-9(15)14-6-2-3-10-4-5-12(16)11(7-10)8-13/h4-5,7,16H,6H2,1H3,(H,14,15). The van der Waals surface area contributed by atoms with Crippen LogP contribution in [0.2, 0.25) is 0 Å². The Balaban J connectivity index is 2.75. The van der Waals surface area contributed by atoms with Gasteiger partial charge >= 0.3 is 0 Å². The van der Waals surface area contributed by atoms with Gasteiger partial charge in [0, 0.05) is 12.5 Å². The molecule has 0 saturated heterocycles. The van der Waals surface area contributed by atoms with Crippen LogP contribution in [0.25, 0.3) is 0 Å². The number of phenols is 1. The Hall–Kier alpha value is -2.46. The Morgan fingerprint density at radius 2 is 2.31 bits per heavy atom. The number of hydrogen-bond acceptors (Lipinski definition) is 3. The van der Waals surface area contributed by atoms with Gasteiger partial charge in [-0.1, -0.05) is 11.8 Å². The van der Waals surface area contributed by atoms with Gasteiger partial charge in [-0.3, -0.25) is 4.79 Å². The highest BCUT2D eigenvalue weighted by Crippen LogP contribution is 2.16. The SMILES string of the molecule is CC(=O)NCC#Cc1ccc(O)c(C#N)c1. The summed E-state index contributed by atoms with van der Waals surface area (Å²) in [6, 6.07) is 6.38. The molecule has 0 radical (unpaired) electrons. The highest BCUT2D eigenvalue weighted by atomic mass is 16.3. The van der Waals surface area contributed by atoms with E-state index < -0.39 is 0 Å². The van der Waals surface area contributed by atoms with E-state index in [1.807, 2.05) is 6.07 Å². The fourth-order valence-corrected chi connectivity index (χ4v) is 1.02. The fraction of sp³-hybridized carbons (Fsp3) is 0.167. The number of benzene rings is 1. The Labute approximate surface area is 93.5 Å². The van der Waals surface area contributed by atoms with Crippen LogP contribution < -0.4 is 5.32 Å². The molecule has 0 aliphatic heterocycles. The number of phenolic OH excluding ortho intramolecular Hbond substituents is 1. The van der Waals surface area contributed by atoms with Gasteiger partial charge in [0.25, 0.3) is 0 Å². The predicted octanol–water partition coefficient (Wildman–Crippen LogP) is 0.751. The van der Waals surface area contributed by atoms with Gasteiger partial charge in [-0.15, -0.1) is 0 Å². The summed E-state index contributed by atoms with van der Waals surface area (Å²) in [7, 11) is 0. The van der Waals surface area contributed by atoms with Crippen LogP contribution in [-0.4, -0.2) is 17.6 Å². The van der Waals surface area contributed by atoms with Crippen molar-refractivity contribution in [2.75, 3.05) is 6.54 Å². The molecule has 1 aromatic carbocycles. The van der Waals surface area contributed by atoms with Gasteiger partial charge in [-0.05, 0) is 18.2 Å². The van der Waals surface area contributed by atoms with Crippen LogP contribution in [0.1, 0.15) is 18.1 Å². The Morgan fingerprint density at radius 1 is 1.56 bits per heavy atom. The summed E-state index contributed by atoms with van der Waals surface area (Å²) < 4.78 is 0. The van der Waals surface area contributed by atoms with E-state index in [9.17, 15) is 9.90 Å². The van der Waals surface area contributed by atoms with Crippen molar-refractivity contribution in [1.29, 1.82) is 5.26 Å². The number of amides is 1. The topological polar surface area (TPSA) is 73.1 Å². The first-order chi connectivity index (χ1) is 7.63. The zero-order chi connectivity index (χ0) is 12.0. The van der Waals surface area contributed by atoms with E-state index in [1.54, 1.807) is 6.07 Å². The van der Waals surface area contributed by atoms with Crippen molar-refractivity contribution in [3.8, 4) is 23.7 Å². The van der Waals surface area contributed by atoms with Gasteiger partial charge < -0.3 is 10.4 Å². The first-order valence-corrected chi connectivity index (χ1v) is 4.60. The minimum Gasteiger partial charge on any atom is -0.507 e. The average molecular weight is 214 g/mol. The van der Waals surface area contributed by atoms with Crippen molar-refractivity contribution >= 4 is 5.91 Å². The van der Waals surface area contributed by atoms with Crippen LogP contribution in [-0.2, 0) is 4.79 Å². The zero-order valence-electron chi connectivity index (χ0n) is 8.74. The molecule has 0 bridgehead atoms. The largest absolute Gasteiger partial charge is 0.507 e. The maximum Gasteiger partial charge on any atom is 0.217 e. The molecule has 4 heteroatoms. The van der Waals surface area contributed by atoms with Crippen molar-refractivity contribution in [1.82, 2.24) is 5.32 Å². The lowest BCUT2D eigenvalue weighted by molar-refractivity contribution is -0.118. The third kappa shape index (κ3) is 3.36. The van der Waals surface area contributed by atoms with Crippen LogP contribution in [0, 0.1) is 23.2 Å². The number of nitrogens with one attached hydrogen (secondary N) is 1. The summed E-state index contributed by atoms with van der Waals surface area (Å²) in [5.74, 6) is 5.30. The van der Waals surface area contributed by atoms with Crippen LogP contribution in [0.4, 0.5) is 0 Å².